The van der Waals surface area contributed by atoms with Crippen molar-refractivity contribution in [1.82, 2.24) is 10.2 Å². The molecule has 2 aromatic rings. The molecule has 0 aliphatic heterocycles. The summed E-state index contributed by atoms with van der Waals surface area (Å²) in [5.74, 6) is -1.36. The standard InChI is InChI=1S/C22H28FN3O4S/c1-15-7-6-8-16(2)21(15)26(31(5,29)30)14-20(27)25(17(3)22(28)24-4)13-18-9-11-19(23)12-10-18/h6-12,17H,13-14H2,1-5H3,(H,24,28). The van der Waals surface area contributed by atoms with Crippen molar-refractivity contribution < 1.29 is 22.4 Å². The highest BCUT2D eigenvalue weighted by molar-refractivity contribution is 7.92. The van der Waals surface area contributed by atoms with E-state index in [9.17, 15) is 22.4 Å². The first-order chi connectivity index (χ1) is 14.5. The van der Waals surface area contributed by atoms with Gasteiger partial charge in [-0.2, -0.15) is 0 Å². The molecule has 0 aliphatic carbocycles. The van der Waals surface area contributed by atoms with E-state index in [0.29, 0.717) is 22.4 Å². The van der Waals surface area contributed by atoms with E-state index >= 15 is 0 Å². The van der Waals surface area contributed by atoms with Gasteiger partial charge in [-0.1, -0.05) is 30.3 Å². The maximum absolute atomic E-state index is 13.3. The zero-order valence-electron chi connectivity index (χ0n) is 18.3. The lowest BCUT2D eigenvalue weighted by Gasteiger charge is -2.32. The SMILES string of the molecule is CNC(=O)C(C)N(Cc1ccc(F)cc1)C(=O)CN(c1c(C)cccc1C)S(C)(=O)=O. The maximum atomic E-state index is 13.3. The van der Waals surface area contributed by atoms with Crippen molar-refractivity contribution in [3.63, 3.8) is 0 Å². The number of nitrogens with zero attached hydrogens (tertiary/aromatic N) is 2. The van der Waals surface area contributed by atoms with Crippen molar-refractivity contribution in [2.45, 2.75) is 33.4 Å². The number of anilines is 1. The lowest BCUT2D eigenvalue weighted by molar-refractivity contribution is -0.139. The predicted octanol–water partition coefficient (Wildman–Crippen LogP) is 2.37. The van der Waals surface area contributed by atoms with Crippen molar-refractivity contribution in [2.75, 3.05) is 24.2 Å². The Morgan fingerprint density at radius 3 is 2.10 bits per heavy atom. The molecule has 1 atom stereocenters. The smallest absolute Gasteiger partial charge is 0.244 e. The Bertz CT molecular complexity index is 1030. The van der Waals surface area contributed by atoms with Crippen molar-refractivity contribution in [3.8, 4) is 0 Å². The summed E-state index contributed by atoms with van der Waals surface area (Å²) in [4.78, 5) is 26.9. The second kappa shape index (κ2) is 9.91. The summed E-state index contributed by atoms with van der Waals surface area (Å²) < 4.78 is 39.5. The van der Waals surface area contributed by atoms with Crippen LogP contribution in [0.3, 0.4) is 0 Å². The molecule has 0 saturated carbocycles. The van der Waals surface area contributed by atoms with Crippen LogP contribution in [0.4, 0.5) is 10.1 Å². The number of carbonyl (C=O) groups excluding carboxylic acids is 2. The van der Waals surface area contributed by atoms with Gasteiger partial charge in [0.1, 0.15) is 18.4 Å². The highest BCUT2D eigenvalue weighted by Crippen LogP contribution is 2.27. The third-order valence-corrected chi connectivity index (χ3v) is 6.16. The minimum atomic E-state index is -3.79. The average molecular weight is 450 g/mol. The van der Waals surface area contributed by atoms with Gasteiger partial charge in [0.2, 0.25) is 21.8 Å². The van der Waals surface area contributed by atoms with Gasteiger partial charge in [-0.3, -0.25) is 13.9 Å². The number of benzene rings is 2. The Morgan fingerprint density at radius 2 is 1.61 bits per heavy atom. The van der Waals surface area contributed by atoms with Gasteiger partial charge in [-0.25, -0.2) is 12.8 Å². The molecule has 1 N–H and O–H groups in total. The normalized spacial score (nSPS) is 12.2. The van der Waals surface area contributed by atoms with Gasteiger partial charge >= 0.3 is 0 Å². The second-order valence-electron chi connectivity index (χ2n) is 7.45. The maximum Gasteiger partial charge on any atom is 0.244 e. The fourth-order valence-electron chi connectivity index (χ4n) is 3.35. The number of amides is 2. The molecule has 2 aromatic carbocycles. The summed E-state index contributed by atoms with van der Waals surface area (Å²) in [6.45, 7) is 4.66. The minimum Gasteiger partial charge on any atom is -0.357 e. The number of carbonyl (C=O) groups is 2. The highest BCUT2D eigenvalue weighted by Gasteiger charge is 2.30. The van der Waals surface area contributed by atoms with Crippen LogP contribution in [0.15, 0.2) is 42.5 Å². The van der Waals surface area contributed by atoms with Crippen LogP contribution in [0.25, 0.3) is 0 Å². The molecule has 31 heavy (non-hydrogen) atoms. The van der Waals surface area contributed by atoms with Crippen molar-refractivity contribution in [1.29, 1.82) is 0 Å². The quantitative estimate of drug-likeness (QED) is 0.670. The number of halogens is 1. The average Bonchev–Trinajstić information content (AvgIpc) is 2.70. The summed E-state index contributed by atoms with van der Waals surface area (Å²) in [6, 6.07) is 10.1. The molecule has 0 aliphatic rings. The molecule has 0 bridgehead atoms. The van der Waals surface area contributed by atoms with Gasteiger partial charge in [0.25, 0.3) is 0 Å². The van der Waals surface area contributed by atoms with E-state index in [2.05, 4.69) is 5.32 Å². The van der Waals surface area contributed by atoms with E-state index in [-0.39, 0.29) is 6.54 Å². The fraction of sp³-hybridized carbons (Fsp3) is 0.364. The summed E-state index contributed by atoms with van der Waals surface area (Å²) in [7, 11) is -2.33. The van der Waals surface area contributed by atoms with Crippen molar-refractivity contribution >= 4 is 27.5 Å². The van der Waals surface area contributed by atoms with Gasteiger partial charge < -0.3 is 10.2 Å². The second-order valence-corrected chi connectivity index (χ2v) is 9.36. The number of likely N-dealkylation sites (N-methyl/N-ethyl adjacent to an activating group) is 1. The van der Waals surface area contributed by atoms with Crippen LogP contribution in [0, 0.1) is 19.7 Å². The fourth-order valence-corrected chi connectivity index (χ4v) is 4.32. The van der Waals surface area contributed by atoms with Crippen molar-refractivity contribution in [2.24, 2.45) is 0 Å². The monoisotopic (exact) mass is 449 g/mol. The van der Waals surface area contributed by atoms with Gasteiger partial charge in [-0.05, 0) is 49.6 Å². The van der Waals surface area contributed by atoms with Crippen LogP contribution in [-0.2, 0) is 26.2 Å². The first-order valence-electron chi connectivity index (χ1n) is 9.75. The van der Waals surface area contributed by atoms with Gasteiger partial charge in [0.15, 0.2) is 0 Å². The number of para-hydroxylation sites is 1. The van der Waals surface area contributed by atoms with E-state index < -0.39 is 40.2 Å². The number of hydrogen-bond acceptors (Lipinski definition) is 4. The minimum absolute atomic E-state index is 0.0258. The molecular formula is C22H28FN3O4S. The zero-order chi connectivity index (χ0) is 23.3. The van der Waals surface area contributed by atoms with Gasteiger partial charge in [-0.15, -0.1) is 0 Å². The number of aryl methyl sites for hydroxylation is 2. The molecular weight excluding hydrogens is 421 g/mol. The lowest BCUT2D eigenvalue weighted by atomic mass is 10.1. The Morgan fingerprint density at radius 1 is 1.06 bits per heavy atom. The lowest BCUT2D eigenvalue weighted by Crippen LogP contribution is -2.50. The Balaban J connectivity index is 2.43. The number of hydrogen-bond donors (Lipinski definition) is 1. The summed E-state index contributed by atoms with van der Waals surface area (Å²) in [5.41, 5.74) is 2.47. The van der Waals surface area contributed by atoms with E-state index in [4.69, 9.17) is 0 Å². The van der Waals surface area contributed by atoms with Gasteiger partial charge in [0.05, 0.1) is 11.9 Å². The number of rotatable bonds is 8. The molecule has 2 amide bonds. The third-order valence-electron chi connectivity index (χ3n) is 5.05. The van der Waals surface area contributed by atoms with Crippen LogP contribution in [0.2, 0.25) is 0 Å². The van der Waals surface area contributed by atoms with Crippen LogP contribution in [-0.4, -0.2) is 51.0 Å². The number of sulfonamides is 1. The zero-order valence-corrected chi connectivity index (χ0v) is 19.2. The summed E-state index contributed by atoms with van der Waals surface area (Å²) in [5, 5.41) is 2.50. The van der Waals surface area contributed by atoms with E-state index in [0.717, 1.165) is 10.6 Å². The van der Waals surface area contributed by atoms with Crippen LogP contribution < -0.4 is 9.62 Å². The van der Waals surface area contributed by atoms with E-state index in [1.54, 1.807) is 32.9 Å². The largest absolute Gasteiger partial charge is 0.357 e. The van der Waals surface area contributed by atoms with Gasteiger partial charge in [0, 0.05) is 13.6 Å². The van der Waals surface area contributed by atoms with Crippen LogP contribution in [0.1, 0.15) is 23.6 Å². The Labute approximate surface area is 182 Å². The predicted molar refractivity (Wildman–Crippen MR) is 119 cm³/mol. The Kier molecular flexibility index (Phi) is 7.78. The molecule has 0 spiro atoms. The molecule has 0 fully saturated rings. The highest BCUT2D eigenvalue weighted by atomic mass is 32.2. The molecule has 9 heteroatoms. The number of nitrogens with one attached hydrogen (secondary N) is 1. The topological polar surface area (TPSA) is 86.8 Å². The van der Waals surface area contributed by atoms with Crippen LogP contribution in [0.5, 0.6) is 0 Å². The molecule has 1 unspecified atom stereocenters. The molecule has 0 heterocycles. The third kappa shape index (κ3) is 6.04. The molecule has 168 valence electrons. The molecule has 7 nitrogen and oxygen atoms in total. The van der Waals surface area contributed by atoms with Crippen LogP contribution >= 0.6 is 0 Å². The molecule has 0 radical (unpaired) electrons. The summed E-state index contributed by atoms with van der Waals surface area (Å²) in [6.07, 6.45) is 1.04. The molecule has 0 saturated heterocycles. The van der Waals surface area contributed by atoms with E-state index in [1.807, 2.05) is 6.07 Å². The first kappa shape index (κ1) is 24.3. The van der Waals surface area contributed by atoms with E-state index in [1.165, 1.54) is 36.2 Å². The van der Waals surface area contributed by atoms with Crippen molar-refractivity contribution in [3.05, 3.63) is 65.0 Å². The summed E-state index contributed by atoms with van der Waals surface area (Å²) >= 11 is 0. The first-order valence-corrected chi connectivity index (χ1v) is 11.6. The molecule has 0 aromatic heterocycles. The molecule has 2 rings (SSSR count). The Hall–Kier alpha value is -2.94.